The summed E-state index contributed by atoms with van der Waals surface area (Å²) in [5.41, 5.74) is 2.68. The zero-order valence-electron chi connectivity index (χ0n) is 13.6. The molecule has 122 valence electrons. The smallest absolute Gasteiger partial charge is 0.228 e. The summed E-state index contributed by atoms with van der Waals surface area (Å²) in [6, 6.07) is 15.9. The molecule has 1 fully saturated rings. The Labute approximate surface area is 141 Å². The largest absolute Gasteiger partial charge is 0.310 e. The van der Waals surface area contributed by atoms with Crippen molar-refractivity contribution in [3.8, 4) is 11.3 Å². The molecule has 0 bridgehead atoms. The van der Waals surface area contributed by atoms with Gasteiger partial charge >= 0.3 is 0 Å². The number of rotatable bonds is 3. The fourth-order valence-corrected chi connectivity index (χ4v) is 3.50. The minimum Gasteiger partial charge on any atom is -0.310 e. The third kappa shape index (κ3) is 2.80. The highest BCUT2D eigenvalue weighted by Crippen LogP contribution is 2.30. The quantitative estimate of drug-likeness (QED) is 0.771. The number of hydrogen-bond acceptors (Lipinski definition) is 2. The molecule has 1 aliphatic rings. The van der Waals surface area contributed by atoms with Gasteiger partial charge in [-0.3, -0.25) is 9.20 Å². The molecule has 1 saturated carbocycles. The summed E-state index contributed by atoms with van der Waals surface area (Å²) in [5, 5.41) is 3.16. The van der Waals surface area contributed by atoms with E-state index in [2.05, 4.69) is 5.32 Å². The zero-order valence-corrected chi connectivity index (χ0v) is 13.6. The molecule has 0 atom stereocenters. The van der Waals surface area contributed by atoms with E-state index in [4.69, 9.17) is 4.98 Å². The molecule has 4 nitrogen and oxygen atoms in total. The van der Waals surface area contributed by atoms with Crippen molar-refractivity contribution in [2.75, 3.05) is 5.32 Å². The summed E-state index contributed by atoms with van der Waals surface area (Å²) in [5.74, 6) is 1.02. The average Bonchev–Trinajstić information content (AvgIpc) is 3.02. The van der Waals surface area contributed by atoms with E-state index in [1.165, 1.54) is 6.42 Å². The lowest BCUT2D eigenvalue weighted by Crippen LogP contribution is -2.25. The van der Waals surface area contributed by atoms with Crippen LogP contribution in [-0.2, 0) is 4.79 Å². The Morgan fingerprint density at radius 2 is 1.75 bits per heavy atom. The zero-order chi connectivity index (χ0) is 16.4. The lowest BCUT2D eigenvalue weighted by atomic mass is 9.88. The van der Waals surface area contributed by atoms with Crippen molar-refractivity contribution in [1.82, 2.24) is 9.38 Å². The van der Waals surface area contributed by atoms with Crippen LogP contribution >= 0.6 is 0 Å². The van der Waals surface area contributed by atoms with Gasteiger partial charge in [-0.15, -0.1) is 0 Å². The van der Waals surface area contributed by atoms with Crippen molar-refractivity contribution >= 4 is 17.4 Å². The van der Waals surface area contributed by atoms with Crippen molar-refractivity contribution in [2.24, 2.45) is 5.92 Å². The van der Waals surface area contributed by atoms with Gasteiger partial charge in [0.05, 0.1) is 0 Å². The maximum atomic E-state index is 12.7. The van der Waals surface area contributed by atoms with E-state index < -0.39 is 0 Å². The van der Waals surface area contributed by atoms with Gasteiger partial charge in [0.1, 0.15) is 17.2 Å². The number of fused-ring (bicyclic) bond motifs is 1. The predicted molar refractivity (Wildman–Crippen MR) is 95.8 cm³/mol. The number of carbonyl (C=O) groups excluding carboxylic acids is 1. The molecule has 1 aliphatic carbocycles. The first kappa shape index (κ1) is 14.9. The number of imidazole rings is 1. The fourth-order valence-electron chi connectivity index (χ4n) is 3.50. The van der Waals surface area contributed by atoms with E-state index in [1.54, 1.807) is 0 Å². The van der Waals surface area contributed by atoms with E-state index >= 15 is 0 Å². The topological polar surface area (TPSA) is 46.4 Å². The Morgan fingerprint density at radius 3 is 2.54 bits per heavy atom. The lowest BCUT2D eigenvalue weighted by Gasteiger charge is -2.21. The molecular weight excluding hydrogens is 298 g/mol. The average molecular weight is 319 g/mol. The molecule has 2 heterocycles. The highest BCUT2D eigenvalue weighted by molar-refractivity contribution is 5.96. The van der Waals surface area contributed by atoms with Gasteiger partial charge in [0.25, 0.3) is 0 Å². The van der Waals surface area contributed by atoms with Gasteiger partial charge in [0, 0.05) is 17.7 Å². The Morgan fingerprint density at radius 1 is 1.00 bits per heavy atom. The number of aromatic nitrogens is 2. The van der Waals surface area contributed by atoms with Gasteiger partial charge in [0.15, 0.2) is 0 Å². The second-order valence-electron chi connectivity index (χ2n) is 6.43. The molecule has 1 N–H and O–H groups in total. The Kier molecular flexibility index (Phi) is 4.03. The van der Waals surface area contributed by atoms with E-state index in [1.807, 2.05) is 59.1 Å². The van der Waals surface area contributed by atoms with Crippen molar-refractivity contribution in [3.05, 3.63) is 54.7 Å². The number of nitrogens with one attached hydrogen (secondary N) is 1. The van der Waals surface area contributed by atoms with Crippen LogP contribution in [0.25, 0.3) is 16.9 Å². The molecule has 0 aliphatic heterocycles. The van der Waals surface area contributed by atoms with Gasteiger partial charge in [-0.05, 0) is 25.0 Å². The number of hydrogen-bond donors (Lipinski definition) is 1. The predicted octanol–water partition coefficient (Wildman–Crippen LogP) is 4.52. The molecular formula is C20H21N3O. The van der Waals surface area contributed by atoms with Crippen LogP contribution in [0.15, 0.2) is 54.7 Å². The van der Waals surface area contributed by atoms with E-state index in [0.29, 0.717) is 0 Å². The van der Waals surface area contributed by atoms with Crippen molar-refractivity contribution in [2.45, 2.75) is 32.1 Å². The molecule has 0 saturated heterocycles. The number of benzene rings is 1. The van der Waals surface area contributed by atoms with Gasteiger partial charge in [-0.2, -0.15) is 0 Å². The third-order valence-electron chi connectivity index (χ3n) is 4.79. The van der Waals surface area contributed by atoms with Gasteiger partial charge in [-0.25, -0.2) is 4.98 Å². The maximum Gasteiger partial charge on any atom is 0.228 e. The van der Waals surface area contributed by atoms with Crippen molar-refractivity contribution in [3.63, 3.8) is 0 Å². The first-order valence-electron chi connectivity index (χ1n) is 8.66. The fraction of sp³-hybridized carbons (Fsp3) is 0.300. The normalized spacial score (nSPS) is 15.5. The summed E-state index contributed by atoms with van der Waals surface area (Å²) < 4.78 is 1.96. The summed E-state index contributed by atoms with van der Waals surface area (Å²) in [6.07, 6.45) is 7.47. The minimum atomic E-state index is 0.122. The number of nitrogens with zero attached hydrogens (tertiary/aromatic N) is 2. The summed E-state index contributed by atoms with van der Waals surface area (Å²) in [4.78, 5) is 17.5. The Balaban J connectivity index is 1.74. The third-order valence-corrected chi connectivity index (χ3v) is 4.79. The molecule has 0 spiro atoms. The molecule has 2 aromatic heterocycles. The van der Waals surface area contributed by atoms with Crippen LogP contribution in [0.3, 0.4) is 0 Å². The Hall–Kier alpha value is -2.62. The van der Waals surface area contributed by atoms with Crippen LogP contribution in [0.4, 0.5) is 5.82 Å². The van der Waals surface area contributed by atoms with Crippen LogP contribution in [0.5, 0.6) is 0 Å². The number of anilines is 1. The van der Waals surface area contributed by atoms with Crippen LogP contribution in [0, 0.1) is 5.92 Å². The van der Waals surface area contributed by atoms with Crippen molar-refractivity contribution in [1.29, 1.82) is 0 Å². The SMILES string of the molecule is O=C(Nc1c(-c2ccccc2)nc2ccccn12)C1CCCCC1. The number of carbonyl (C=O) groups is 1. The monoisotopic (exact) mass is 319 g/mol. The van der Waals surface area contributed by atoms with Crippen LogP contribution < -0.4 is 5.32 Å². The van der Waals surface area contributed by atoms with E-state index in [9.17, 15) is 4.79 Å². The first-order chi connectivity index (χ1) is 11.8. The molecule has 0 unspecified atom stereocenters. The van der Waals surface area contributed by atoms with Crippen molar-refractivity contribution < 1.29 is 4.79 Å². The van der Waals surface area contributed by atoms with E-state index in [-0.39, 0.29) is 11.8 Å². The first-order valence-corrected chi connectivity index (χ1v) is 8.66. The molecule has 1 amide bonds. The minimum absolute atomic E-state index is 0.122. The van der Waals surface area contributed by atoms with Gasteiger partial charge in [-0.1, -0.05) is 55.7 Å². The molecule has 4 rings (SSSR count). The van der Waals surface area contributed by atoms with Gasteiger partial charge < -0.3 is 5.32 Å². The highest BCUT2D eigenvalue weighted by Gasteiger charge is 2.23. The van der Waals surface area contributed by atoms with Crippen LogP contribution in [-0.4, -0.2) is 15.3 Å². The molecule has 1 aromatic carbocycles. The highest BCUT2D eigenvalue weighted by atomic mass is 16.2. The molecule has 24 heavy (non-hydrogen) atoms. The Bertz CT molecular complexity index is 848. The lowest BCUT2D eigenvalue weighted by molar-refractivity contribution is -0.120. The second kappa shape index (κ2) is 6.48. The van der Waals surface area contributed by atoms with Gasteiger partial charge in [0.2, 0.25) is 5.91 Å². The van der Waals surface area contributed by atoms with E-state index in [0.717, 1.165) is 48.4 Å². The number of amides is 1. The summed E-state index contributed by atoms with van der Waals surface area (Å²) in [7, 11) is 0. The second-order valence-corrected chi connectivity index (χ2v) is 6.43. The maximum absolute atomic E-state index is 12.7. The standard InChI is InChI=1S/C20H21N3O/c24-20(16-11-5-2-6-12-16)22-19-18(15-9-3-1-4-10-15)21-17-13-7-8-14-23(17)19/h1,3-4,7-10,13-14,16H,2,5-6,11-12H2,(H,22,24). The van der Waals surface area contributed by atoms with Crippen LogP contribution in [0.2, 0.25) is 0 Å². The summed E-state index contributed by atoms with van der Waals surface area (Å²) >= 11 is 0. The van der Waals surface area contributed by atoms with Crippen LogP contribution in [0.1, 0.15) is 32.1 Å². The summed E-state index contributed by atoms with van der Waals surface area (Å²) in [6.45, 7) is 0. The molecule has 0 radical (unpaired) electrons. The molecule has 3 aromatic rings. The molecule has 4 heteroatoms. The number of pyridine rings is 1.